The Hall–Kier alpha value is -3.04. The molecule has 0 bridgehead atoms. The first-order chi connectivity index (χ1) is 14.2. The van der Waals surface area contributed by atoms with Crippen molar-refractivity contribution in [2.24, 2.45) is 0 Å². The maximum absolute atomic E-state index is 12.4. The summed E-state index contributed by atoms with van der Waals surface area (Å²) in [5, 5.41) is 6.81. The van der Waals surface area contributed by atoms with Gasteiger partial charge in [-0.25, -0.2) is 8.42 Å². The lowest BCUT2D eigenvalue weighted by atomic mass is 10.1. The molecule has 0 fully saturated rings. The number of amides is 1. The van der Waals surface area contributed by atoms with Crippen molar-refractivity contribution >= 4 is 38.8 Å². The maximum atomic E-state index is 12.4. The molecule has 1 heterocycles. The summed E-state index contributed by atoms with van der Waals surface area (Å²) in [7, 11) is -3.65. The lowest BCUT2D eigenvalue weighted by Crippen LogP contribution is -2.12. The van der Waals surface area contributed by atoms with Crippen molar-refractivity contribution in [3.8, 4) is 0 Å². The number of halogens is 1. The van der Waals surface area contributed by atoms with E-state index in [9.17, 15) is 18.0 Å². The largest absolute Gasteiger partial charge is 0.339 e. The molecule has 0 aliphatic rings. The lowest BCUT2D eigenvalue weighted by Gasteiger charge is -2.04. The van der Waals surface area contributed by atoms with Gasteiger partial charge in [-0.2, -0.15) is 4.98 Å². The minimum Gasteiger partial charge on any atom is -0.339 e. The Labute approximate surface area is 178 Å². The minimum atomic E-state index is -3.65. The van der Waals surface area contributed by atoms with Crippen molar-refractivity contribution in [3.63, 3.8) is 0 Å². The van der Waals surface area contributed by atoms with Crippen molar-refractivity contribution < 1.29 is 22.5 Å². The summed E-state index contributed by atoms with van der Waals surface area (Å²) in [6, 6.07) is 12.3. The number of benzene rings is 2. The van der Waals surface area contributed by atoms with Gasteiger partial charge in [0.2, 0.25) is 11.8 Å². The molecule has 3 rings (SSSR count). The van der Waals surface area contributed by atoms with Crippen LogP contribution in [-0.2, 0) is 26.8 Å². The number of hydrogen-bond acceptors (Lipinski definition) is 7. The van der Waals surface area contributed by atoms with Crippen molar-refractivity contribution in [2.75, 3.05) is 5.32 Å². The molecule has 0 aliphatic heterocycles. The van der Waals surface area contributed by atoms with E-state index >= 15 is 0 Å². The Morgan fingerprint density at radius 2 is 1.73 bits per heavy atom. The molecule has 30 heavy (non-hydrogen) atoms. The topological polar surface area (TPSA) is 119 Å². The van der Waals surface area contributed by atoms with E-state index in [0.717, 1.165) is 0 Å². The zero-order chi connectivity index (χ0) is 21.7. The molecule has 0 saturated carbocycles. The zero-order valence-corrected chi connectivity index (χ0v) is 17.5. The van der Waals surface area contributed by atoms with Crippen LogP contribution in [0.3, 0.4) is 0 Å². The van der Waals surface area contributed by atoms with Crippen LogP contribution in [-0.4, -0.2) is 30.2 Å². The van der Waals surface area contributed by atoms with E-state index in [1.807, 2.05) is 0 Å². The number of sulfone groups is 1. The smallest absolute Gasteiger partial charge is 0.227 e. The second-order valence-corrected chi connectivity index (χ2v) is 8.93. The average Bonchev–Trinajstić information content (AvgIpc) is 3.14. The number of aromatic nitrogens is 2. The van der Waals surface area contributed by atoms with Gasteiger partial charge in [0.05, 0.1) is 4.90 Å². The van der Waals surface area contributed by atoms with Gasteiger partial charge in [-0.05, 0) is 55.5 Å². The van der Waals surface area contributed by atoms with Crippen LogP contribution in [0.15, 0.2) is 57.9 Å². The van der Waals surface area contributed by atoms with Gasteiger partial charge in [-0.1, -0.05) is 16.8 Å². The van der Waals surface area contributed by atoms with Gasteiger partial charge >= 0.3 is 0 Å². The fourth-order valence-electron chi connectivity index (χ4n) is 2.58. The number of rotatable bonds is 8. The van der Waals surface area contributed by atoms with Crippen LogP contribution in [0.5, 0.6) is 0 Å². The molecule has 0 spiro atoms. The number of anilines is 1. The fraction of sp³-hybridized carbons (Fsp3) is 0.200. The second-order valence-electron chi connectivity index (χ2n) is 6.50. The summed E-state index contributed by atoms with van der Waals surface area (Å²) in [6.07, 6.45) is 0.228. The van der Waals surface area contributed by atoms with Crippen LogP contribution in [0.1, 0.15) is 35.4 Å². The molecule has 1 amide bonds. The first-order valence-electron chi connectivity index (χ1n) is 8.93. The van der Waals surface area contributed by atoms with Crippen LogP contribution in [0.25, 0.3) is 0 Å². The molecule has 0 radical (unpaired) electrons. The lowest BCUT2D eigenvalue weighted by molar-refractivity contribution is -0.116. The minimum absolute atomic E-state index is 0.0141. The van der Waals surface area contributed by atoms with Gasteiger partial charge in [0.15, 0.2) is 21.4 Å². The molecule has 0 atom stereocenters. The Balaban J connectivity index is 1.54. The van der Waals surface area contributed by atoms with Crippen molar-refractivity contribution in [1.29, 1.82) is 0 Å². The van der Waals surface area contributed by atoms with Gasteiger partial charge in [0, 0.05) is 29.1 Å². The maximum Gasteiger partial charge on any atom is 0.227 e. The predicted molar refractivity (Wildman–Crippen MR) is 110 cm³/mol. The molecule has 2 aromatic carbocycles. The van der Waals surface area contributed by atoms with Crippen LogP contribution in [0.2, 0.25) is 5.02 Å². The Morgan fingerprint density at radius 1 is 1.07 bits per heavy atom. The van der Waals surface area contributed by atoms with Gasteiger partial charge in [0.1, 0.15) is 5.75 Å². The molecule has 1 N–H and O–H groups in total. The number of hydrogen-bond donors (Lipinski definition) is 1. The number of aryl methyl sites for hydroxylation is 1. The van der Waals surface area contributed by atoms with E-state index in [2.05, 4.69) is 15.5 Å². The number of nitrogens with one attached hydrogen (secondary N) is 1. The molecule has 0 unspecified atom stereocenters. The summed E-state index contributed by atoms with van der Waals surface area (Å²) in [5.74, 6) is -0.580. The molecule has 1 aromatic heterocycles. The van der Waals surface area contributed by atoms with Gasteiger partial charge in [-0.15, -0.1) is 0 Å². The Bertz CT molecular complexity index is 1160. The fourth-order valence-corrected chi connectivity index (χ4v) is 3.88. The first-order valence-corrected chi connectivity index (χ1v) is 11.0. The van der Waals surface area contributed by atoms with Crippen LogP contribution >= 0.6 is 11.6 Å². The van der Waals surface area contributed by atoms with Crippen molar-refractivity contribution in [3.05, 3.63) is 70.8 Å². The summed E-state index contributed by atoms with van der Waals surface area (Å²) in [4.78, 5) is 27.5. The molecule has 156 valence electrons. The number of nitrogens with zero attached hydrogens (tertiary/aromatic N) is 2. The van der Waals surface area contributed by atoms with E-state index in [1.54, 1.807) is 24.3 Å². The highest BCUT2D eigenvalue weighted by molar-refractivity contribution is 7.90. The number of carbonyl (C=O) groups is 2. The third-order valence-corrected chi connectivity index (χ3v) is 6.02. The summed E-state index contributed by atoms with van der Waals surface area (Å²) in [5.41, 5.74) is 1.12. The highest BCUT2D eigenvalue weighted by atomic mass is 35.5. The second kappa shape index (κ2) is 9.19. The predicted octanol–water partition coefficient (Wildman–Crippen LogP) is 3.47. The highest BCUT2D eigenvalue weighted by Gasteiger charge is 2.19. The molecule has 0 aliphatic carbocycles. The monoisotopic (exact) mass is 447 g/mol. The van der Waals surface area contributed by atoms with E-state index in [0.29, 0.717) is 16.3 Å². The Morgan fingerprint density at radius 3 is 2.37 bits per heavy atom. The quantitative estimate of drug-likeness (QED) is 0.525. The first kappa shape index (κ1) is 21.7. The van der Waals surface area contributed by atoms with Crippen LogP contribution in [0, 0.1) is 0 Å². The standard InChI is InChI=1S/C20H18ClN3O5S/c1-13(25)14-2-6-16(7-3-14)22-19(26)10-11-20-23-18(24-29-20)12-30(27,28)17-8-4-15(21)5-9-17/h2-9H,10-12H2,1H3,(H,22,26). The third-order valence-electron chi connectivity index (χ3n) is 4.14. The van der Waals surface area contributed by atoms with Crippen molar-refractivity contribution in [1.82, 2.24) is 10.1 Å². The van der Waals surface area contributed by atoms with Crippen molar-refractivity contribution in [2.45, 2.75) is 30.4 Å². The van der Waals surface area contributed by atoms with E-state index in [4.69, 9.17) is 16.1 Å². The van der Waals surface area contributed by atoms with Gasteiger partial charge < -0.3 is 9.84 Å². The molecule has 0 saturated heterocycles. The van der Waals surface area contributed by atoms with Gasteiger partial charge in [0.25, 0.3) is 0 Å². The van der Waals surface area contributed by atoms with Crippen LogP contribution in [0.4, 0.5) is 5.69 Å². The van der Waals surface area contributed by atoms with E-state index < -0.39 is 15.6 Å². The van der Waals surface area contributed by atoms with E-state index in [-0.39, 0.29) is 41.1 Å². The van der Waals surface area contributed by atoms with Gasteiger partial charge in [-0.3, -0.25) is 9.59 Å². The Kier molecular flexibility index (Phi) is 6.63. The molecular formula is C20H18ClN3O5S. The number of Topliss-reactive ketones (excluding diaryl/α,β-unsaturated/α-hetero) is 1. The van der Waals surface area contributed by atoms with E-state index in [1.165, 1.54) is 31.2 Å². The summed E-state index contributed by atoms with van der Waals surface area (Å²) < 4.78 is 29.9. The molecular weight excluding hydrogens is 430 g/mol. The average molecular weight is 448 g/mol. The summed E-state index contributed by atoms with van der Waals surface area (Å²) in [6.45, 7) is 1.47. The molecule has 8 nitrogen and oxygen atoms in total. The van der Waals surface area contributed by atoms with Crippen LogP contribution < -0.4 is 5.32 Å². The zero-order valence-electron chi connectivity index (χ0n) is 16.0. The third kappa shape index (κ3) is 5.74. The normalized spacial score (nSPS) is 11.3. The molecule has 10 heteroatoms. The molecule has 3 aromatic rings. The highest BCUT2D eigenvalue weighted by Crippen LogP contribution is 2.18. The number of carbonyl (C=O) groups excluding carboxylic acids is 2. The summed E-state index contributed by atoms with van der Waals surface area (Å²) >= 11 is 5.78. The SMILES string of the molecule is CC(=O)c1ccc(NC(=O)CCc2nc(CS(=O)(=O)c3ccc(Cl)cc3)no2)cc1. The number of ketones is 1.